The van der Waals surface area contributed by atoms with E-state index in [4.69, 9.17) is 9.84 Å². The molecule has 0 aliphatic rings. The maximum absolute atomic E-state index is 15.4. The van der Waals surface area contributed by atoms with Gasteiger partial charge in [-0.25, -0.2) is 22.4 Å². The van der Waals surface area contributed by atoms with Crippen LogP contribution in [0.1, 0.15) is 5.56 Å². The first-order valence-electron chi connectivity index (χ1n) is 8.82. The van der Waals surface area contributed by atoms with E-state index >= 15 is 4.39 Å². The van der Waals surface area contributed by atoms with Crippen LogP contribution in [0.25, 0.3) is 11.1 Å². The zero-order valence-corrected chi connectivity index (χ0v) is 16.0. The molecule has 0 radical (unpaired) electrons. The number of benzene rings is 3. The van der Waals surface area contributed by atoms with E-state index in [1.807, 2.05) is 0 Å². The van der Waals surface area contributed by atoms with Gasteiger partial charge in [-0.1, -0.05) is 24.3 Å². The van der Waals surface area contributed by atoms with Crippen LogP contribution in [-0.4, -0.2) is 24.7 Å². The molecule has 0 bridgehead atoms. The van der Waals surface area contributed by atoms with Gasteiger partial charge in [0.1, 0.15) is 17.3 Å². The third kappa shape index (κ3) is 4.07. The average Bonchev–Trinajstić information content (AvgIpc) is 2.67. The van der Waals surface area contributed by atoms with Crippen LogP contribution in [0.3, 0.4) is 0 Å². The van der Waals surface area contributed by atoms with Crippen LogP contribution in [0.15, 0.2) is 48.5 Å². The summed E-state index contributed by atoms with van der Waals surface area (Å²) in [6.45, 7) is 0.735. The largest absolute Gasteiger partial charge is 0.479 e. The summed E-state index contributed by atoms with van der Waals surface area (Å²) in [4.78, 5) is 11.6. The van der Waals surface area contributed by atoms with E-state index in [1.165, 1.54) is 31.3 Å². The zero-order chi connectivity index (χ0) is 22.0. The topological polar surface area (TPSA) is 49.8 Å². The third-order valence-corrected chi connectivity index (χ3v) is 4.51. The van der Waals surface area contributed by atoms with Crippen LogP contribution >= 0.6 is 0 Å². The van der Waals surface area contributed by atoms with Crippen molar-refractivity contribution in [2.75, 3.05) is 18.6 Å². The SMILES string of the molecule is Cc1ccc(-c2cccc(F)c2)c(F)c1N(C)c1c(F)ccc(OCC(=O)O)c1F. The highest BCUT2D eigenvalue weighted by Gasteiger charge is 2.24. The Kier molecular flexibility index (Phi) is 5.96. The Labute approximate surface area is 169 Å². The van der Waals surface area contributed by atoms with Gasteiger partial charge in [0.15, 0.2) is 24.0 Å². The summed E-state index contributed by atoms with van der Waals surface area (Å²) in [7, 11) is 1.27. The van der Waals surface area contributed by atoms with Crippen LogP contribution in [0.2, 0.25) is 0 Å². The molecule has 0 saturated heterocycles. The van der Waals surface area contributed by atoms with Crippen molar-refractivity contribution < 1.29 is 32.2 Å². The van der Waals surface area contributed by atoms with E-state index in [2.05, 4.69) is 0 Å². The highest BCUT2D eigenvalue weighted by molar-refractivity contribution is 5.76. The number of nitrogens with zero attached hydrogens (tertiary/aromatic N) is 1. The molecule has 0 unspecified atom stereocenters. The molecular formula is C22H17F4NO3. The summed E-state index contributed by atoms with van der Waals surface area (Å²) in [6.07, 6.45) is 0. The van der Waals surface area contributed by atoms with Crippen molar-refractivity contribution in [2.24, 2.45) is 0 Å². The molecule has 0 saturated carbocycles. The Morgan fingerprint density at radius 1 is 1.00 bits per heavy atom. The minimum absolute atomic E-state index is 0.0565. The fourth-order valence-electron chi connectivity index (χ4n) is 3.14. The van der Waals surface area contributed by atoms with Gasteiger partial charge in [-0.15, -0.1) is 0 Å². The molecule has 0 spiro atoms. The van der Waals surface area contributed by atoms with Crippen molar-refractivity contribution in [1.29, 1.82) is 0 Å². The number of aliphatic carboxylic acids is 1. The van der Waals surface area contributed by atoms with E-state index in [9.17, 15) is 18.0 Å². The van der Waals surface area contributed by atoms with E-state index < -0.39 is 47.3 Å². The highest BCUT2D eigenvalue weighted by atomic mass is 19.1. The number of hydrogen-bond donors (Lipinski definition) is 1. The molecule has 0 heterocycles. The van der Waals surface area contributed by atoms with Crippen LogP contribution in [0.5, 0.6) is 5.75 Å². The number of anilines is 2. The minimum atomic E-state index is -1.33. The molecule has 8 heteroatoms. The third-order valence-electron chi connectivity index (χ3n) is 4.51. The van der Waals surface area contributed by atoms with Crippen LogP contribution < -0.4 is 9.64 Å². The first kappa shape index (κ1) is 21.2. The monoisotopic (exact) mass is 419 g/mol. The molecule has 3 aromatic rings. The summed E-state index contributed by atoms with van der Waals surface area (Å²) < 4.78 is 63.2. The normalized spacial score (nSPS) is 10.7. The first-order chi connectivity index (χ1) is 14.2. The van der Waals surface area contributed by atoms with Crippen LogP contribution in [-0.2, 0) is 4.79 Å². The maximum atomic E-state index is 15.4. The van der Waals surface area contributed by atoms with Gasteiger partial charge in [0, 0.05) is 12.6 Å². The lowest BCUT2D eigenvalue weighted by Gasteiger charge is -2.25. The van der Waals surface area contributed by atoms with E-state index in [-0.39, 0.29) is 16.8 Å². The Morgan fingerprint density at radius 3 is 2.40 bits per heavy atom. The maximum Gasteiger partial charge on any atom is 0.341 e. The van der Waals surface area contributed by atoms with Crippen molar-refractivity contribution >= 4 is 17.3 Å². The summed E-state index contributed by atoms with van der Waals surface area (Å²) in [5.41, 5.74) is -0.0327. The number of rotatable bonds is 6. The van der Waals surface area contributed by atoms with Crippen molar-refractivity contribution in [2.45, 2.75) is 6.92 Å². The smallest absolute Gasteiger partial charge is 0.341 e. The van der Waals surface area contributed by atoms with Gasteiger partial charge in [0.2, 0.25) is 0 Å². The number of ether oxygens (including phenoxy) is 1. The van der Waals surface area contributed by atoms with Gasteiger partial charge >= 0.3 is 5.97 Å². The summed E-state index contributed by atoms with van der Waals surface area (Å²) in [6, 6.07) is 10.2. The van der Waals surface area contributed by atoms with Gasteiger partial charge in [-0.2, -0.15) is 0 Å². The van der Waals surface area contributed by atoms with E-state index in [0.29, 0.717) is 5.56 Å². The number of hydrogen-bond acceptors (Lipinski definition) is 3. The molecule has 0 aliphatic heterocycles. The van der Waals surface area contributed by atoms with E-state index in [1.54, 1.807) is 13.0 Å². The number of carboxylic acid groups (broad SMARTS) is 1. The molecule has 156 valence electrons. The number of aryl methyl sites for hydroxylation is 1. The lowest BCUT2D eigenvalue weighted by Crippen LogP contribution is -2.18. The average molecular weight is 419 g/mol. The number of carbonyl (C=O) groups is 1. The van der Waals surface area contributed by atoms with Gasteiger partial charge in [-0.05, 0) is 42.3 Å². The Bertz CT molecular complexity index is 1120. The Balaban J connectivity index is 2.11. The van der Waals surface area contributed by atoms with Gasteiger partial charge in [0.25, 0.3) is 0 Å². The zero-order valence-electron chi connectivity index (χ0n) is 16.0. The van der Waals surface area contributed by atoms with Crippen molar-refractivity contribution in [1.82, 2.24) is 0 Å². The predicted octanol–water partition coefficient (Wildman–Crippen LogP) is 5.45. The molecule has 4 nitrogen and oxygen atoms in total. The summed E-state index contributed by atoms with van der Waals surface area (Å²) in [5.74, 6) is -5.33. The molecule has 0 atom stereocenters. The fraction of sp³-hybridized carbons (Fsp3) is 0.136. The van der Waals surface area contributed by atoms with E-state index in [0.717, 1.165) is 23.1 Å². The highest BCUT2D eigenvalue weighted by Crippen LogP contribution is 2.39. The second kappa shape index (κ2) is 8.44. The number of halogens is 4. The second-order valence-corrected chi connectivity index (χ2v) is 6.55. The fourth-order valence-corrected chi connectivity index (χ4v) is 3.14. The quantitative estimate of drug-likeness (QED) is 0.540. The molecule has 1 N–H and O–H groups in total. The molecular weight excluding hydrogens is 402 g/mol. The van der Waals surface area contributed by atoms with Crippen molar-refractivity contribution in [3.8, 4) is 16.9 Å². The van der Waals surface area contributed by atoms with Crippen molar-refractivity contribution in [3.63, 3.8) is 0 Å². The van der Waals surface area contributed by atoms with Crippen molar-refractivity contribution in [3.05, 3.63) is 77.4 Å². The first-order valence-corrected chi connectivity index (χ1v) is 8.82. The standard InChI is InChI=1S/C22H17F4NO3/c1-12-6-7-15(13-4-3-5-14(23)10-13)19(25)21(12)27(2)22-16(24)8-9-17(20(22)26)30-11-18(28)29/h3-10H,11H2,1-2H3,(H,28,29). The lowest BCUT2D eigenvalue weighted by molar-refractivity contribution is -0.139. The molecule has 0 fully saturated rings. The molecule has 30 heavy (non-hydrogen) atoms. The molecule has 3 aromatic carbocycles. The van der Waals surface area contributed by atoms with Crippen LogP contribution in [0, 0.1) is 30.2 Å². The summed E-state index contributed by atoms with van der Waals surface area (Å²) in [5, 5.41) is 8.70. The molecule has 3 rings (SSSR count). The molecule has 0 aromatic heterocycles. The Morgan fingerprint density at radius 2 is 1.73 bits per heavy atom. The van der Waals surface area contributed by atoms with Gasteiger partial charge in [0.05, 0.1) is 5.69 Å². The summed E-state index contributed by atoms with van der Waals surface area (Å²) >= 11 is 0. The van der Waals surface area contributed by atoms with Gasteiger partial charge < -0.3 is 14.7 Å². The Hall–Kier alpha value is -3.55. The predicted molar refractivity (Wildman–Crippen MR) is 104 cm³/mol. The minimum Gasteiger partial charge on any atom is -0.479 e. The van der Waals surface area contributed by atoms with Crippen LogP contribution in [0.4, 0.5) is 28.9 Å². The van der Waals surface area contributed by atoms with Gasteiger partial charge in [-0.3, -0.25) is 0 Å². The number of carboxylic acids is 1. The lowest BCUT2D eigenvalue weighted by atomic mass is 10.0. The molecule has 0 aliphatic carbocycles. The second-order valence-electron chi connectivity index (χ2n) is 6.55. The molecule has 0 amide bonds.